The lowest BCUT2D eigenvalue weighted by Gasteiger charge is -2.23. The summed E-state index contributed by atoms with van der Waals surface area (Å²) in [6.07, 6.45) is 0.483. The van der Waals surface area contributed by atoms with Crippen molar-refractivity contribution in [3.05, 3.63) is 71.9 Å². The number of hydrogen-bond donors (Lipinski definition) is 1. The fraction of sp³-hybridized carbons (Fsp3) is 0.167. The number of carbonyl (C=O) groups is 1. The second-order valence-corrected chi connectivity index (χ2v) is 5.99. The van der Waals surface area contributed by atoms with E-state index in [2.05, 4.69) is 15.3 Å². The third-order valence-electron chi connectivity index (χ3n) is 4.31. The predicted octanol–water partition coefficient (Wildman–Crippen LogP) is 3.76. The highest BCUT2D eigenvalue weighted by Gasteiger charge is 2.33. The third-order valence-corrected chi connectivity index (χ3v) is 4.31. The monoisotopic (exact) mass is 358 g/mol. The van der Waals surface area contributed by atoms with E-state index in [4.69, 9.17) is 0 Å². The fourth-order valence-corrected chi connectivity index (χ4v) is 3.09. The first-order chi connectivity index (χ1) is 12.4. The van der Waals surface area contributed by atoms with Crippen molar-refractivity contribution in [1.82, 2.24) is 14.5 Å². The summed E-state index contributed by atoms with van der Waals surface area (Å²) in [6.45, 7) is 0. The minimum absolute atomic E-state index is 0.207. The van der Waals surface area contributed by atoms with E-state index in [1.54, 1.807) is 18.5 Å². The molecule has 132 valence electrons. The molecule has 3 heterocycles. The van der Waals surface area contributed by atoms with Gasteiger partial charge in [0.15, 0.2) is 0 Å². The van der Waals surface area contributed by atoms with Crippen LogP contribution >= 0.6 is 0 Å². The number of nitrogens with one attached hydrogen (secondary N) is 1. The van der Waals surface area contributed by atoms with E-state index in [0.29, 0.717) is 11.5 Å². The first-order valence-corrected chi connectivity index (χ1v) is 7.88. The van der Waals surface area contributed by atoms with Gasteiger partial charge in [-0.15, -0.1) is 0 Å². The van der Waals surface area contributed by atoms with Gasteiger partial charge in [-0.05, 0) is 29.8 Å². The molecule has 0 saturated heterocycles. The van der Waals surface area contributed by atoms with Crippen LogP contribution in [0, 0.1) is 0 Å². The molecule has 8 heteroatoms. The van der Waals surface area contributed by atoms with E-state index < -0.39 is 11.7 Å². The molecule has 4 rings (SSSR count). The number of hydrogen-bond acceptors (Lipinski definition) is 3. The van der Waals surface area contributed by atoms with Gasteiger partial charge in [-0.1, -0.05) is 12.1 Å². The molecule has 0 spiro atoms. The summed E-state index contributed by atoms with van der Waals surface area (Å²) in [7, 11) is 0. The smallest absolute Gasteiger partial charge is 0.310 e. The van der Waals surface area contributed by atoms with Gasteiger partial charge in [0.1, 0.15) is 12.1 Å². The van der Waals surface area contributed by atoms with Crippen LogP contribution in [0.2, 0.25) is 0 Å². The maximum Gasteiger partial charge on any atom is 0.416 e. The van der Waals surface area contributed by atoms with E-state index in [0.717, 1.165) is 17.7 Å². The molecule has 0 saturated carbocycles. The van der Waals surface area contributed by atoms with Crippen molar-refractivity contribution in [3.63, 3.8) is 0 Å². The Hall–Kier alpha value is -3.16. The molecule has 0 unspecified atom stereocenters. The van der Waals surface area contributed by atoms with Crippen LogP contribution in [0.3, 0.4) is 0 Å². The van der Waals surface area contributed by atoms with Crippen molar-refractivity contribution in [2.45, 2.75) is 18.5 Å². The molecule has 0 bridgehead atoms. The average molecular weight is 358 g/mol. The van der Waals surface area contributed by atoms with Gasteiger partial charge >= 0.3 is 6.18 Å². The van der Waals surface area contributed by atoms with Crippen LogP contribution in [0.15, 0.2) is 55.1 Å². The largest absolute Gasteiger partial charge is 0.416 e. The third kappa shape index (κ3) is 2.83. The van der Waals surface area contributed by atoms with Gasteiger partial charge < -0.3 is 5.32 Å². The minimum atomic E-state index is -4.45. The molecule has 1 amide bonds. The van der Waals surface area contributed by atoms with Gasteiger partial charge in [-0.2, -0.15) is 13.2 Å². The Bertz CT molecular complexity index is 966. The van der Waals surface area contributed by atoms with Crippen LogP contribution in [0.1, 0.15) is 29.2 Å². The number of alkyl halides is 3. The first kappa shape index (κ1) is 16.3. The van der Waals surface area contributed by atoms with Crippen LogP contribution in [0.4, 0.5) is 19.0 Å². The number of carbonyl (C=O) groups excluding carboxylic acids is 1. The molecule has 1 atom stereocenters. The number of anilines is 1. The lowest BCUT2D eigenvalue weighted by molar-refractivity contribution is -0.137. The quantitative estimate of drug-likeness (QED) is 0.759. The molecule has 0 fully saturated rings. The van der Waals surface area contributed by atoms with E-state index in [-0.39, 0.29) is 23.9 Å². The summed E-state index contributed by atoms with van der Waals surface area (Å²) in [5.41, 5.74) is 0.956. The molecule has 5 nitrogen and oxygen atoms in total. The highest BCUT2D eigenvalue weighted by atomic mass is 19.4. The summed E-state index contributed by atoms with van der Waals surface area (Å²) in [6, 6.07) is 8.52. The molecule has 1 aromatic carbocycles. The van der Waals surface area contributed by atoms with Crippen molar-refractivity contribution in [2.24, 2.45) is 0 Å². The molecule has 0 radical (unpaired) electrons. The zero-order valence-electron chi connectivity index (χ0n) is 13.4. The highest BCUT2D eigenvalue weighted by molar-refractivity contribution is 5.94. The Balaban J connectivity index is 1.80. The first-order valence-electron chi connectivity index (χ1n) is 7.88. The molecular weight excluding hydrogens is 345 g/mol. The van der Waals surface area contributed by atoms with Crippen molar-refractivity contribution >= 4 is 11.7 Å². The maximum absolute atomic E-state index is 13.0. The van der Waals surface area contributed by atoms with Gasteiger partial charge in [0.2, 0.25) is 5.91 Å². The predicted molar refractivity (Wildman–Crippen MR) is 87.9 cm³/mol. The Morgan fingerprint density at radius 1 is 1.19 bits per heavy atom. The fourth-order valence-electron chi connectivity index (χ4n) is 3.09. The molecule has 2 aromatic heterocycles. The van der Waals surface area contributed by atoms with Crippen molar-refractivity contribution < 1.29 is 18.0 Å². The maximum atomic E-state index is 13.0. The summed E-state index contributed by atoms with van der Waals surface area (Å²) in [4.78, 5) is 20.6. The molecule has 1 aliphatic rings. The number of benzene rings is 1. The van der Waals surface area contributed by atoms with Crippen molar-refractivity contribution in [3.8, 4) is 5.69 Å². The van der Waals surface area contributed by atoms with Crippen LogP contribution in [-0.2, 0) is 11.0 Å². The SMILES string of the molecule is O=C1C[C@H](c2cccnc2)c2ncn(-c3cccc(C(F)(F)F)c3)c2N1. The van der Waals surface area contributed by atoms with Crippen LogP contribution in [0.5, 0.6) is 0 Å². The standard InChI is InChI=1S/C18H13F3N4O/c19-18(20,21)12-4-1-5-13(7-12)25-10-23-16-14(8-15(26)24-17(16)25)11-3-2-6-22-9-11/h1-7,9-10,14H,8H2,(H,24,26)/t14-/m1/s1. The van der Waals surface area contributed by atoms with Crippen LogP contribution < -0.4 is 5.32 Å². The molecule has 1 N–H and O–H groups in total. The Morgan fingerprint density at radius 3 is 2.77 bits per heavy atom. The second-order valence-electron chi connectivity index (χ2n) is 5.99. The zero-order chi connectivity index (χ0) is 18.3. The number of amides is 1. The number of nitrogens with zero attached hydrogens (tertiary/aromatic N) is 3. The van der Waals surface area contributed by atoms with E-state index in [1.165, 1.54) is 23.0 Å². The average Bonchev–Trinajstić information content (AvgIpc) is 3.05. The number of fused-ring (bicyclic) bond motifs is 1. The van der Waals surface area contributed by atoms with Crippen LogP contribution in [-0.4, -0.2) is 20.4 Å². The number of halogens is 3. The summed E-state index contributed by atoms with van der Waals surface area (Å²) in [5.74, 6) is -0.131. The molecule has 26 heavy (non-hydrogen) atoms. The van der Waals surface area contributed by atoms with Crippen molar-refractivity contribution in [2.75, 3.05) is 5.32 Å². The summed E-state index contributed by atoms with van der Waals surface area (Å²) < 4.78 is 40.4. The summed E-state index contributed by atoms with van der Waals surface area (Å²) in [5, 5.41) is 2.72. The number of aromatic nitrogens is 3. The topological polar surface area (TPSA) is 59.8 Å². The molecular formula is C18H13F3N4O. The highest BCUT2D eigenvalue weighted by Crippen LogP contribution is 2.37. The van der Waals surface area contributed by atoms with Gasteiger partial charge in [0, 0.05) is 30.4 Å². The van der Waals surface area contributed by atoms with Gasteiger partial charge in [0.05, 0.1) is 11.3 Å². The Labute approximate surface area is 146 Å². The Kier molecular flexibility index (Phi) is 3.75. The molecule has 0 aliphatic carbocycles. The number of rotatable bonds is 2. The van der Waals surface area contributed by atoms with E-state index in [1.807, 2.05) is 6.07 Å². The van der Waals surface area contributed by atoms with E-state index >= 15 is 0 Å². The lowest BCUT2D eigenvalue weighted by Crippen LogP contribution is -2.25. The normalized spacial score (nSPS) is 16.9. The van der Waals surface area contributed by atoms with Crippen molar-refractivity contribution in [1.29, 1.82) is 0 Å². The lowest BCUT2D eigenvalue weighted by atomic mass is 9.91. The van der Waals surface area contributed by atoms with Gasteiger partial charge in [-0.25, -0.2) is 4.98 Å². The van der Waals surface area contributed by atoms with Gasteiger partial charge in [0.25, 0.3) is 0 Å². The number of imidazole rings is 1. The Morgan fingerprint density at radius 2 is 2.04 bits per heavy atom. The second kappa shape index (κ2) is 5.98. The van der Waals surface area contributed by atoms with E-state index in [9.17, 15) is 18.0 Å². The van der Waals surface area contributed by atoms with Gasteiger partial charge in [-0.3, -0.25) is 14.3 Å². The van der Waals surface area contributed by atoms with Crippen LogP contribution in [0.25, 0.3) is 5.69 Å². The number of pyridine rings is 1. The summed E-state index contributed by atoms with van der Waals surface area (Å²) >= 11 is 0. The molecule has 3 aromatic rings. The minimum Gasteiger partial charge on any atom is -0.310 e. The molecule has 1 aliphatic heterocycles. The zero-order valence-corrected chi connectivity index (χ0v) is 13.4.